The van der Waals surface area contributed by atoms with Crippen LogP contribution in [0.2, 0.25) is 0 Å². The Bertz CT molecular complexity index is 680. The maximum atomic E-state index is 12.7. The van der Waals surface area contributed by atoms with E-state index in [-0.39, 0.29) is 10.4 Å². The van der Waals surface area contributed by atoms with Crippen molar-refractivity contribution in [3.8, 4) is 0 Å². The van der Waals surface area contributed by atoms with Gasteiger partial charge in [-0.1, -0.05) is 26.8 Å². The molecule has 0 unspecified atom stereocenters. The highest BCUT2D eigenvalue weighted by atomic mass is 32.1. The number of nitrogens with zero attached hydrogens (tertiary/aromatic N) is 1. The van der Waals surface area contributed by atoms with Crippen LogP contribution in [0.15, 0.2) is 24.0 Å². The average Bonchev–Trinajstić information content (AvgIpc) is 2.74. The van der Waals surface area contributed by atoms with Crippen molar-refractivity contribution in [2.24, 2.45) is 0 Å². The van der Waals surface area contributed by atoms with Gasteiger partial charge in [0.05, 0.1) is 17.3 Å². The largest absolute Gasteiger partial charge is 0.492 e. The summed E-state index contributed by atoms with van der Waals surface area (Å²) in [5.74, 6) is -1.04. The number of hydrogen-bond acceptors (Lipinski definition) is 3. The highest BCUT2D eigenvalue weighted by molar-refractivity contribution is 7.19. The lowest BCUT2D eigenvalue weighted by Crippen LogP contribution is -2.13. The molecule has 6 heteroatoms. The molecular formula is C15H16F3NOS. The van der Waals surface area contributed by atoms with Gasteiger partial charge >= 0.3 is 6.18 Å². The Morgan fingerprint density at radius 2 is 1.90 bits per heavy atom. The number of methoxy groups -OCH3 is 1. The van der Waals surface area contributed by atoms with Gasteiger partial charge in [-0.3, -0.25) is 0 Å². The second-order valence-electron chi connectivity index (χ2n) is 5.70. The molecule has 0 fully saturated rings. The Morgan fingerprint density at radius 1 is 1.24 bits per heavy atom. The summed E-state index contributed by atoms with van der Waals surface area (Å²) in [6, 6.07) is 5.79. The molecule has 2 nitrogen and oxygen atoms in total. The number of rotatable bonds is 2. The quantitative estimate of drug-likeness (QED) is 0.716. The number of alkyl halides is 3. The molecule has 1 aromatic carbocycles. The molecule has 0 bridgehead atoms. The van der Waals surface area contributed by atoms with E-state index in [0.717, 1.165) is 23.4 Å². The van der Waals surface area contributed by atoms with Gasteiger partial charge in [0, 0.05) is 6.08 Å². The van der Waals surface area contributed by atoms with Gasteiger partial charge in [-0.05, 0) is 23.1 Å². The molecule has 0 amide bonds. The van der Waals surface area contributed by atoms with Crippen LogP contribution in [0.4, 0.5) is 13.2 Å². The standard InChI is InChI=1S/C15H16F3NOS/c1-14(2,3)9-5-6-11-10(7-9)19-13(21-11)8-12(20-4)15(16,17)18/h5-8H,1-4H3/b12-8-. The van der Waals surface area contributed by atoms with E-state index in [1.54, 1.807) is 0 Å². The smallest absolute Gasteiger partial charge is 0.448 e. The Kier molecular flexibility index (Phi) is 4.02. The predicted molar refractivity (Wildman–Crippen MR) is 79.4 cm³/mol. The van der Waals surface area contributed by atoms with Crippen molar-refractivity contribution in [3.63, 3.8) is 0 Å². The Hall–Kier alpha value is -1.56. The van der Waals surface area contributed by atoms with Crippen molar-refractivity contribution in [1.82, 2.24) is 4.98 Å². The van der Waals surface area contributed by atoms with Gasteiger partial charge in [0.2, 0.25) is 5.76 Å². The molecule has 0 aliphatic heterocycles. The first-order valence-corrected chi connectivity index (χ1v) is 7.17. The molecule has 0 N–H and O–H groups in total. The van der Waals surface area contributed by atoms with E-state index in [2.05, 4.69) is 30.5 Å². The molecule has 1 aromatic heterocycles. The first-order chi connectivity index (χ1) is 9.61. The molecule has 0 spiro atoms. The van der Waals surface area contributed by atoms with Crippen LogP contribution in [0.3, 0.4) is 0 Å². The summed E-state index contributed by atoms with van der Waals surface area (Å²) < 4.78 is 43.2. The van der Waals surface area contributed by atoms with Crippen molar-refractivity contribution < 1.29 is 17.9 Å². The predicted octanol–water partition coefficient (Wildman–Crippen LogP) is 5.14. The van der Waals surface area contributed by atoms with Gasteiger partial charge < -0.3 is 4.74 Å². The monoisotopic (exact) mass is 315 g/mol. The van der Waals surface area contributed by atoms with E-state index in [1.165, 1.54) is 11.3 Å². The molecule has 0 aliphatic rings. The van der Waals surface area contributed by atoms with Crippen molar-refractivity contribution in [2.45, 2.75) is 32.4 Å². The molecule has 0 atom stereocenters. The van der Waals surface area contributed by atoms with Crippen LogP contribution < -0.4 is 0 Å². The minimum absolute atomic E-state index is 0.0303. The van der Waals surface area contributed by atoms with Crippen molar-refractivity contribution in [3.05, 3.63) is 34.5 Å². The lowest BCUT2D eigenvalue weighted by Gasteiger charge is -2.18. The highest BCUT2D eigenvalue weighted by Gasteiger charge is 2.35. The molecule has 21 heavy (non-hydrogen) atoms. The second kappa shape index (κ2) is 5.33. The van der Waals surface area contributed by atoms with Crippen LogP contribution in [0, 0.1) is 0 Å². The van der Waals surface area contributed by atoms with Gasteiger partial charge in [-0.15, -0.1) is 11.3 Å². The molecule has 0 radical (unpaired) electrons. The molecule has 2 rings (SSSR count). The lowest BCUT2D eigenvalue weighted by molar-refractivity contribution is -0.124. The third-order valence-corrected chi connectivity index (χ3v) is 4.01. The Labute approximate surface area is 125 Å². The van der Waals surface area contributed by atoms with Gasteiger partial charge in [0.25, 0.3) is 0 Å². The van der Waals surface area contributed by atoms with Gasteiger partial charge in [-0.25, -0.2) is 4.98 Å². The van der Waals surface area contributed by atoms with Crippen LogP contribution in [0.25, 0.3) is 16.3 Å². The van der Waals surface area contributed by atoms with E-state index in [0.29, 0.717) is 5.52 Å². The fourth-order valence-corrected chi connectivity index (χ4v) is 2.72. The van der Waals surface area contributed by atoms with E-state index in [1.807, 2.05) is 18.2 Å². The Morgan fingerprint density at radius 3 is 2.43 bits per heavy atom. The SMILES string of the molecule is CO/C(=C\c1nc2cc(C(C)(C)C)ccc2s1)C(F)(F)F. The zero-order valence-corrected chi connectivity index (χ0v) is 13.0. The Balaban J connectivity index is 2.46. The highest BCUT2D eigenvalue weighted by Crippen LogP contribution is 2.32. The van der Waals surface area contributed by atoms with Gasteiger partial charge in [-0.2, -0.15) is 13.2 Å². The number of aromatic nitrogens is 1. The van der Waals surface area contributed by atoms with Crippen LogP contribution in [0.5, 0.6) is 0 Å². The van der Waals surface area contributed by atoms with E-state index in [9.17, 15) is 13.2 Å². The third-order valence-electron chi connectivity index (χ3n) is 3.02. The topological polar surface area (TPSA) is 22.1 Å². The van der Waals surface area contributed by atoms with Crippen molar-refractivity contribution in [1.29, 1.82) is 0 Å². The van der Waals surface area contributed by atoms with Gasteiger partial charge in [0.1, 0.15) is 5.01 Å². The molecule has 2 aromatic rings. The summed E-state index contributed by atoms with van der Waals surface area (Å²) in [5, 5.41) is 0.283. The summed E-state index contributed by atoms with van der Waals surface area (Å²) in [5.41, 5.74) is 1.77. The zero-order chi connectivity index (χ0) is 15.8. The fourth-order valence-electron chi connectivity index (χ4n) is 1.84. The zero-order valence-electron chi connectivity index (χ0n) is 12.2. The van der Waals surface area contributed by atoms with Crippen LogP contribution >= 0.6 is 11.3 Å². The number of thiazole rings is 1. The number of hydrogen-bond donors (Lipinski definition) is 0. The molecular weight excluding hydrogens is 299 g/mol. The maximum absolute atomic E-state index is 12.7. The van der Waals surface area contributed by atoms with Crippen LogP contribution in [-0.4, -0.2) is 18.3 Å². The third kappa shape index (κ3) is 3.56. The molecule has 114 valence electrons. The molecule has 0 aliphatic carbocycles. The molecule has 0 saturated carbocycles. The van der Waals surface area contributed by atoms with E-state index in [4.69, 9.17) is 0 Å². The maximum Gasteiger partial charge on any atom is 0.448 e. The van der Waals surface area contributed by atoms with E-state index < -0.39 is 11.9 Å². The summed E-state index contributed by atoms with van der Waals surface area (Å²) in [6.45, 7) is 6.23. The fraction of sp³-hybridized carbons (Fsp3) is 0.400. The minimum atomic E-state index is -4.51. The summed E-state index contributed by atoms with van der Waals surface area (Å²) >= 11 is 1.21. The van der Waals surface area contributed by atoms with Gasteiger partial charge in [0.15, 0.2) is 0 Å². The molecule has 1 heterocycles. The van der Waals surface area contributed by atoms with Crippen molar-refractivity contribution in [2.75, 3.05) is 7.11 Å². The average molecular weight is 315 g/mol. The number of allylic oxidation sites excluding steroid dienone is 1. The lowest BCUT2D eigenvalue weighted by atomic mass is 9.87. The number of fused-ring (bicyclic) bond motifs is 1. The summed E-state index contributed by atoms with van der Waals surface area (Å²) in [6.07, 6.45) is -3.58. The van der Waals surface area contributed by atoms with E-state index >= 15 is 0 Å². The van der Waals surface area contributed by atoms with Crippen LogP contribution in [0.1, 0.15) is 31.3 Å². The first kappa shape index (κ1) is 15.8. The normalized spacial score (nSPS) is 13.8. The summed E-state index contributed by atoms with van der Waals surface area (Å²) in [7, 11) is 1.00. The number of halogens is 3. The molecule has 0 saturated heterocycles. The van der Waals surface area contributed by atoms with Crippen molar-refractivity contribution >= 4 is 27.6 Å². The number of ether oxygens (including phenoxy) is 1. The summed E-state index contributed by atoms with van der Waals surface area (Å²) in [4.78, 5) is 4.25. The second-order valence-corrected chi connectivity index (χ2v) is 6.76. The minimum Gasteiger partial charge on any atom is -0.492 e. The van der Waals surface area contributed by atoms with Crippen LogP contribution in [-0.2, 0) is 10.2 Å². The number of benzene rings is 1. The first-order valence-electron chi connectivity index (χ1n) is 6.35.